The molecule has 1 fully saturated rings. The molecule has 0 saturated carbocycles. The lowest BCUT2D eigenvalue weighted by molar-refractivity contribution is 0.183. The number of hydrogen-bond acceptors (Lipinski definition) is 2. The van der Waals surface area contributed by atoms with Crippen LogP contribution in [0.15, 0.2) is 48.5 Å². The molecule has 1 aliphatic heterocycles. The van der Waals surface area contributed by atoms with Crippen LogP contribution < -0.4 is 5.32 Å². The number of hydrogen-bond donors (Lipinski definition) is 2. The lowest BCUT2D eigenvalue weighted by atomic mass is 9.93. The minimum atomic E-state index is 0.854. The Morgan fingerprint density at radius 3 is 2.61 bits per heavy atom. The highest BCUT2D eigenvalue weighted by Gasteiger charge is 2.19. The van der Waals surface area contributed by atoms with Crippen molar-refractivity contribution in [2.24, 2.45) is 5.92 Å². The molecule has 2 N–H and O–H groups in total. The monoisotopic (exact) mass is 375 g/mol. The summed E-state index contributed by atoms with van der Waals surface area (Å²) in [6.45, 7) is 9.10. The highest BCUT2D eigenvalue weighted by Crippen LogP contribution is 2.29. The van der Waals surface area contributed by atoms with E-state index < -0.39 is 0 Å². The van der Waals surface area contributed by atoms with Crippen LogP contribution >= 0.6 is 0 Å². The molecule has 3 heteroatoms. The number of nitrogens with zero attached hydrogens (tertiary/aromatic N) is 1. The molecular formula is C25H33N3. The van der Waals surface area contributed by atoms with E-state index in [1.54, 1.807) is 0 Å². The number of aromatic amines is 1. The summed E-state index contributed by atoms with van der Waals surface area (Å²) in [6.07, 6.45) is 5.11. The van der Waals surface area contributed by atoms with Crippen LogP contribution in [0.2, 0.25) is 0 Å². The first-order valence-corrected chi connectivity index (χ1v) is 10.8. The van der Waals surface area contributed by atoms with Gasteiger partial charge in [0.2, 0.25) is 0 Å². The van der Waals surface area contributed by atoms with Gasteiger partial charge in [0, 0.05) is 29.7 Å². The van der Waals surface area contributed by atoms with Gasteiger partial charge in [0.1, 0.15) is 0 Å². The van der Waals surface area contributed by atoms with Crippen molar-refractivity contribution in [3.05, 3.63) is 65.4 Å². The largest absolute Gasteiger partial charge is 0.383 e. The zero-order valence-corrected chi connectivity index (χ0v) is 17.3. The summed E-state index contributed by atoms with van der Waals surface area (Å²) in [5.74, 6) is 0.854. The molecule has 1 saturated heterocycles. The minimum Gasteiger partial charge on any atom is -0.383 e. The molecular weight excluding hydrogens is 342 g/mol. The SMILES string of the molecule is Cc1ccc2[nH]c(C)c(NCCC3CCN(CCc4ccccc4)CC3)c2c1. The Labute approximate surface area is 169 Å². The minimum absolute atomic E-state index is 0.854. The van der Waals surface area contributed by atoms with Crippen LogP contribution in [0.25, 0.3) is 10.9 Å². The highest BCUT2D eigenvalue weighted by molar-refractivity contribution is 5.94. The summed E-state index contributed by atoms with van der Waals surface area (Å²) >= 11 is 0. The molecule has 0 atom stereocenters. The fourth-order valence-electron chi connectivity index (χ4n) is 4.50. The first-order valence-electron chi connectivity index (χ1n) is 10.8. The average Bonchev–Trinajstić information content (AvgIpc) is 3.03. The zero-order valence-electron chi connectivity index (χ0n) is 17.3. The third-order valence-corrected chi connectivity index (χ3v) is 6.26. The molecule has 1 aromatic heterocycles. The molecule has 0 aliphatic carbocycles. The van der Waals surface area contributed by atoms with E-state index in [9.17, 15) is 0 Å². The Kier molecular flexibility index (Phi) is 6.01. The summed E-state index contributed by atoms with van der Waals surface area (Å²) in [4.78, 5) is 6.15. The van der Waals surface area contributed by atoms with Gasteiger partial charge >= 0.3 is 0 Å². The zero-order chi connectivity index (χ0) is 19.3. The maximum atomic E-state index is 3.72. The summed E-state index contributed by atoms with van der Waals surface area (Å²) < 4.78 is 0. The van der Waals surface area contributed by atoms with Gasteiger partial charge in [-0.05, 0) is 76.2 Å². The molecule has 0 amide bonds. The maximum absolute atomic E-state index is 3.72. The van der Waals surface area contributed by atoms with E-state index in [-0.39, 0.29) is 0 Å². The number of benzene rings is 2. The van der Waals surface area contributed by atoms with E-state index in [1.807, 2.05) is 0 Å². The van der Waals surface area contributed by atoms with E-state index in [1.165, 1.54) is 78.7 Å². The second-order valence-corrected chi connectivity index (χ2v) is 8.41. The Balaban J connectivity index is 1.22. The number of anilines is 1. The number of aromatic nitrogens is 1. The Morgan fingerprint density at radius 1 is 1.04 bits per heavy atom. The van der Waals surface area contributed by atoms with Crippen LogP contribution in [-0.2, 0) is 6.42 Å². The molecule has 0 spiro atoms. The fraction of sp³-hybridized carbons (Fsp3) is 0.440. The molecule has 0 unspecified atom stereocenters. The van der Waals surface area contributed by atoms with E-state index in [0.717, 1.165) is 12.5 Å². The normalized spacial score (nSPS) is 15.9. The van der Waals surface area contributed by atoms with Crippen molar-refractivity contribution in [1.82, 2.24) is 9.88 Å². The number of nitrogens with one attached hydrogen (secondary N) is 2. The Bertz CT molecular complexity index is 889. The lowest BCUT2D eigenvalue weighted by Gasteiger charge is -2.32. The van der Waals surface area contributed by atoms with Crippen LogP contribution in [0, 0.1) is 19.8 Å². The second kappa shape index (κ2) is 8.83. The first kappa shape index (κ1) is 19.1. The molecule has 1 aliphatic rings. The van der Waals surface area contributed by atoms with Crippen molar-refractivity contribution in [1.29, 1.82) is 0 Å². The molecule has 2 heterocycles. The summed E-state index contributed by atoms with van der Waals surface area (Å²) in [5.41, 5.74) is 6.54. The van der Waals surface area contributed by atoms with Crippen molar-refractivity contribution < 1.29 is 0 Å². The summed E-state index contributed by atoms with van der Waals surface area (Å²) in [5, 5.41) is 5.05. The van der Waals surface area contributed by atoms with E-state index in [2.05, 4.69) is 77.6 Å². The van der Waals surface area contributed by atoms with Gasteiger partial charge in [0.05, 0.1) is 5.69 Å². The molecule has 28 heavy (non-hydrogen) atoms. The third kappa shape index (κ3) is 4.59. The first-order chi connectivity index (χ1) is 13.7. The van der Waals surface area contributed by atoms with Crippen molar-refractivity contribution in [3.63, 3.8) is 0 Å². The highest BCUT2D eigenvalue weighted by atomic mass is 15.1. The Morgan fingerprint density at radius 2 is 1.82 bits per heavy atom. The van der Waals surface area contributed by atoms with Gasteiger partial charge in [0.15, 0.2) is 0 Å². The van der Waals surface area contributed by atoms with Crippen LogP contribution in [0.4, 0.5) is 5.69 Å². The van der Waals surface area contributed by atoms with Crippen molar-refractivity contribution in [2.45, 2.75) is 39.5 Å². The number of fused-ring (bicyclic) bond motifs is 1. The molecule has 3 nitrogen and oxygen atoms in total. The quantitative estimate of drug-likeness (QED) is 0.568. The predicted molar refractivity (Wildman–Crippen MR) is 120 cm³/mol. The molecule has 4 rings (SSSR count). The van der Waals surface area contributed by atoms with E-state index in [0.29, 0.717) is 0 Å². The third-order valence-electron chi connectivity index (χ3n) is 6.26. The van der Waals surface area contributed by atoms with Gasteiger partial charge in [0.25, 0.3) is 0 Å². The van der Waals surface area contributed by atoms with Gasteiger partial charge in [-0.2, -0.15) is 0 Å². The van der Waals surface area contributed by atoms with Crippen molar-refractivity contribution in [3.8, 4) is 0 Å². The van der Waals surface area contributed by atoms with Crippen molar-refractivity contribution in [2.75, 3.05) is 31.5 Å². The molecule has 148 valence electrons. The van der Waals surface area contributed by atoms with E-state index in [4.69, 9.17) is 0 Å². The lowest BCUT2D eigenvalue weighted by Crippen LogP contribution is -2.35. The number of likely N-dealkylation sites (tertiary alicyclic amines) is 1. The number of rotatable bonds is 7. The number of piperidine rings is 1. The topological polar surface area (TPSA) is 31.1 Å². The summed E-state index contributed by atoms with van der Waals surface area (Å²) in [6, 6.07) is 17.5. The molecule has 3 aromatic rings. The van der Waals surface area contributed by atoms with E-state index >= 15 is 0 Å². The van der Waals surface area contributed by atoms with Gasteiger partial charge in [-0.15, -0.1) is 0 Å². The second-order valence-electron chi connectivity index (χ2n) is 8.41. The van der Waals surface area contributed by atoms with Gasteiger partial charge in [-0.1, -0.05) is 42.0 Å². The van der Waals surface area contributed by atoms with Crippen LogP contribution in [0.3, 0.4) is 0 Å². The van der Waals surface area contributed by atoms with Crippen LogP contribution in [-0.4, -0.2) is 36.1 Å². The molecule has 0 bridgehead atoms. The smallest absolute Gasteiger partial charge is 0.0628 e. The Hall–Kier alpha value is -2.26. The van der Waals surface area contributed by atoms with Crippen molar-refractivity contribution >= 4 is 16.6 Å². The number of H-pyrrole nitrogens is 1. The van der Waals surface area contributed by atoms with Crippen LogP contribution in [0.1, 0.15) is 36.1 Å². The molecule has 0 radical (unpaired) electrons. The average molecular weight is 376 g/mol. The van der Waals surface area contributed by atoms with Gasteiger partial charge in [-0.3, -0.25) is 0 Å². The summed E-state index contributed by atoms with van der Waals surface area (Å²) in [7, 11) is 0. The van der Waals surface area contributed by atoms with Crippen LogP contribution in [0.5, 0.6) is 0 Å². The van der Waals surface area contributed by atoms with Gasteiger partial charge in [-0.25, -0.2) is 0 Å². The number of aryl methyl sites for hydroxylation is 2. The fourth-order valence-corrected chi connectivity index (χ4v) is 4.50. The standard InChI is InChI=1S/C25H33N3/c1-19-8-9-24-23(18-19)25(20(2)27-24)26-14-10-22-12-16-28(17-13-22)15-11-21-6-4-3-5-7-21/h3-9,18,22,26-27H,10-17H2,1-2H3. The predicted octanol–water partition coefficient (Wildman–Crippen LogP) is 5.54. The maximum Gasteiger partial charge on any atom is 0.0628 e. The van der Waals surface area contributed by atoms with Gasteiger partial charge < -0.3 is 15.2 Å². The molecule has 2 aromatic carbocycles.